The summed E-state index contributed by atoms with van der Waals surface area (Å²) in [7, 11) is 0. The standard InChI is InChI=1S/C21H21N3O3/c1-12-16-10-13(14-6-5-7-15-17(14)11-22-19(15)25)8-9-18(16)24(23-12)20(26)27-21(2,3)4/h5-10H,11H2,1-4H3,(H,22,25). The molecule has 2 heterocycles. The van der Waals surface area contributed by atoms with Crippen LogP contribution >= 0.6 is 0 Å². The van der Waals surface area contributed by atoms with E-state index in [4.69, 9.17) is 4.74 Å². The SMILES string of the molecule is Cc1nn(C(=O)OC(C)(C)C)c2ccc(-c3cccc4c3CNC4=O)cc12. The number of nitrogens with zero attached hydrogens (tertiary/aromatic N) is 2. The van der Waals surface area contributed by atoms with Gasteiger partial charge in [-0.05, 0) is 62.6 Å². The molecule has 6 heteroatoms. The van der Waals surface area contributed by atoms with E-state index in [0.717, 1.165) is 27.8 Å². The van der Waals surface area contributed by atoms with Gasteiger partial charge in [-0.3, -0.25) is 4.79 Å². The first-order chi connectivity index (χ1) is 12.7. The Morgan fingerprint density at radius 2 is 1.93 bits per heavy atom. The molecular weight excluding hydrogens is 342 g/mol. The lowest BCUT2D eigenvalue weighted by molar-refractivity contribution is 0.0522. The van der Waals surface area contributed by atoms with E-state index in [1.54, 1.807) is 0 Å². The predicted octanol–water partition coefficient (Wildman–Crippen LogP) is 4.04. The van der Waals surface area contributed by atoms with Gasteiger partial charge in [0.05, 0.1) is 11.2 Å². The summed E-state index contributed by atoms with van der Waals surface area (Å²) < 4.78 is 6.75. The smallest absolute Gasteiger partial charge is 0.435 e. The Morgan fingerprint density at radius 3 is 2.67 bits per heavy atom. The Bertz CT molecular complexity index is 1090. The quantitative estimate of drug-likeness (QED) is 0.708. The number of aryl methyl sites for hydroxylation is 1. The molecule has 1 aromatic heterocycles. The van der Waals surface area contributed by atoms with Crippen LogP contribution in [-0.2, 0) is 11.3 Å². The maximum Gasteiger partial charge on any atom is 0.435 e. The van der Waals surface area contributed by atoms with Crippen LogP contribution in [-0.4, -0.2) is 27.4 Å². The second-order valence-electron chi connectivity index (χ2n) is 7.72. The van der Waals surface area contributed by atoms with Crippen molar-refractivity contribution in [2.24, 2.45) is 0 Å². The normalized spacial score (nSPS) is 13.6. The van der Waals surface area contributed by atoms with E-state index in [0.29, 0.717) is 17.6 Å². The van der Waals surface area contributed by atoms with Crippen molar-refractivity contribution in [3.8, 4) is 11.1 Å². The molecule has 0 radical (unpaired) electrons. The number of amides is 1. The van der Waals surface area contributed by atoms with Gasteiger partial charge in [0, 0.05) is 17.5 Å². The van der Waals surface area contributed by atoms with Crippen molar-refractivity contribution < 1.29 is 14.3 Å². The molecule has 27 heavy (non-hydrogen) atoms. The lowest BCUT2D eigenvalue weighted by atomic mass is 9.96. The summed E-state index contributed by atoms with van der Waals surface area (Å²) >= 11 is 0. The van der Waals surface area contributed by atoms with Gasteiger partial charge >= 0.3 is 6.09 Å². The fourth-order valence-electron chi connectivity index (χ4n) is 3.40. The van der Waals surface area contributed by atoms with Crippen LogP contribution in [0.4, 0.5) is 4.79 Å². The number of fused-ring (bicyclic) bond motifs is 2. The fraction of sp³-hybridized carbons (Fsp3) is 0.286. The molecule has 1 N–H and O–H groups in total. The Morgan fingerprint density at radius 1 is 1.19 bits per heavy atom. The van der Waals surface area contributed by atoms with Crippen LogP contribution in [0, 0.1) is 6.92 Å². The van der Waals surface area contributed by atoms with Crippen LogP contribution in [0.15, 0.2) is 36.4 Å². The van der Waals surface area contributed by atoms with Gasteiger partial charge in [-0.1, -0.05) is 18.2 Å². The van der Waals surface area contributed by atoms with Crippen molar-refractivity contribution in [2.45, 2.75) is 39.8 Å². The molecule has 0 atom stereocenters. The largest absolute Gasteiger partial charge is 0.442 e. The minimum atomic E-state index is -0.590. The van der Waals surface area contributed by atoms with E-state index in [2.05, 4.69) is 10.4 Å². The number of carbonyl (C=O) groups excluding carboxylic acids is 2. The van der Waals surface area contributed by atoms with Crippen LogP contribution in [0.5, 0.6) is 0 Å². The van der Waals surface area contributed by atoms with E-state index in [1.165, 1.54) is 4.68 Å². The molecule has 1 aliphatic rings. The number of nitrogens with one attached hydrogen (secondary N) is 1. The summed E-state index contributed by atoms with van der Waals surface area (Å²) in [4.78, 5) is 24.4. The van der Waals surface area contributed by atoms with Gasteiger partial charge in [-0.25, -0.2) is 4.79 Å². The van der Waals surface area contributed by atoms with E-state index >= 15 is 0 Å². The van der Waals surface area contributed by atoms with Crippen molar-refractivity contribution >= 4 is 22.9 Å². The predicted molar refractivity (Wildman–Crippen MR) is 103 cm³/mol. The topological polar surface area (TPSA) is 73.2 Å². The van der Waals surface area contributed by atoms with Gasteiger partial charge in [0.15, 0.2) is 0 Å². The summed E-state index contributed by atoms with van der Waals surface area (Å²) in [6.07, 6.45) is -0.497. The number of hydrogen-bond acceptors (Lipinski definition) is 4. The zero-order valence-electron chi connectivity index (χ0n) is 15.8. The van der Waals surface area contributed by atoms with Crippen molar-refractivity contribution in [1.82, 2.24) is 15.1 Å². The number of ether oxygens (including phenoxy) is 1. The Hall–Kier alpha value is -3.15. The van der Waals surface area contributed by atoms with Gasteiger partial charge in [0.25, 0.3) is 5.91 Å². The molecule has 0 aliphatic carbocycles. The molecule has 0 bridgehead atoms. The molecule has 1 amide bonds. The average Bonchev–Trinajstić information content (AvgIpc) is 3.14. The van der Waals surface area contributed by atoms with Gasteiger partial charge in [0.1, 0.15) is 5.60 Å². The summed E-state index contributed by atoms with van der Waals surface area (Å²) in [6.45, 7) is 7.87. The minimum Gasteiger partial charge on any atom is -0.442 e. The van der Waals surface area contributed by atoms with Crippen LogP contribution in [0.3, 0.4) is 0 Å². The van der Waals surface area contributed by atoms with Crippen molar-refractivity contribution in [2.75, 3.05) is 0 Å². The van der Waals surface area contributed by atoms with Crippen molar-refractivity contribution in [3.63, 3.8) is 0 Å². The molecule has 0 unspecified atom stereocenters. The maximum atomic E-state index is 12.5. The number of aromatic nitrogens is 2. The van der Waals surface area contributed by atoms with E-state index in [9.17, 15) is 9.59 Å². The Labute approximate surface area is 157 Å². The number of rotatable bonds is 1. The summed E-state index contributed by atoms with van der Waals surface area (Å²) in [5.41, 5.74) is 4.58. The van der Waals surface area contributed by atoms with E-state index < -0.39 is 11.7 Å². The highest BCUT2D eigenvalue weighted by molar-refractivity contribution is 6.01. The highest BCUT2D eigenvalue weighted by Gasteiger charge is 2.24. The Kier molecular flexibility index (Phi) is 3.80. The second kappa shape index (κ2) is 5.94. The van der Waals surface area contributed by atoms with Gasteiger partial charge in [-0.15, -0.1) is 0 Å². The molecule has 0 saturated heterocycles. The average molecular weight is 363 g/mol. The first-order valence-electron chi connectivity index (χ1n) is 8.88. The third kappa shape index (κ3) is 2.97. The molecule has 138 valence electrons. The zero-order valence-corrected chi connectivity index (χ0v) is 15.8. The highest BCUT2D eigenvalue weighted by atomic mass is 16.6. The molecule has 1 aliphatic heterocycles. The molecule has 0 saturated carbocycles. The van der Waals surface area contributed by atoms with Crippen LogP contribution < -0.4 is 5.32 Å². The second-order valence-corrected chi connectivity index (χ2v) is 7.72. The molecule has 6 nitrogen and oxygen atoms in total. The fourth-order valence-corrected chi connectivity index (χ4v) is 3.40. The van der Waals surface area contributed by atoms with Gasteiger partial charge in [0.2, 0.25) is 0 Å². The molecule has 0 spiro atoms. The molecule has 0 fully saturated rings. The van der Waals surface area contributed by atoms with Crippen LogP contribution in [0.1, 0.15) is 42.4 Å². The van der Waals surface area contributed by atoms with E-state index in [1.807, 2.05) is 64.1 Å². The molecule has 4 rings (SSSR count). The number of carbonyl (C=O) groups is 2. The summed E-state index contributed by atoms with van der Waals surface area (Å²) in [5.74, 6) is -0.0400. The lowest BCUT2D eigenvalue weighted by Crippen LogP contribution is -2.27. The van der Waals surface area contributed by atoms with Crippen molar-refractivity contribution in [1.29, 1.82) is 0 Å². The zero-order chi connectivity index (χ0) is 19.3. The maximum absolute atomic E-state index is 12.5. The van der Waals surface area contributed by atoms with Gasteiger partial charge < -0.3 is 10.1 Å². The third-order valence-corrected chi connectivity index (χ3v) is 4.59. The molecule has 2 aromatic carbocycles. The van der Waals surface area contributed by atoms with Gasteiger partial charge in [-0.2, -0.15) is 9.78 Å². The van der Waals surface area contributed by atoms with Crippen LogP contribution in [0.25, 0.3) is 22.0 Å². The molecule has 3 aromatic rings. The first kappa shape index (κ1) is 17.3. The summed E-state index contributed by atoms with van der Waals surface area (Å²) in [5, 5.41) is 8.12. The van der Waals surface area contributed by atoms with Crippen LogP contribution in [0.2, 0.25) is 0 Å². The highest BCUT2D eigenvalue weighted by Crippen LogP contribution is 2.32. The van der Waals surface area contributed by atoms with Crippen molar-refractivity contribution in [3.05, 3.63) is 53.2 Å². The van der Waals surface area contributed by atoms with E-state index in [-0.39, 0.29) is 5.91 Å². The number of hydrogen-bond donors (Lipinski definition) is 1. The monoisotopic (exact) mass is 363 g/mol. The minimum absolute atomic E-state index is 0.0400. The summed E-state index contributed by atoms with van der Waals surface area (Å²) in [6, 6.07) is 11.6. The number of benzene rings is 2. The third-order valence-electron chi connectivity index (χ3n) is 4.59. The molecular formula is C21H21N3O3. The first-order valence-corrected chi connectivity index (χ1v) is 8.88. The lowest BCUT2D eigenvalue weighted by Gasteiger charge is -2.19. The Balaban J connectivity index is 1.80.